The van der Waals surface area contributed by atoms with E-state index in [0.29, 0.717) is 0 Å². The first-order valence-corrected chi connectivity index (χ1v) is 5.03. The van der Waals surface area contributed by atoms with Crippen LogP contribution in [0.15, 0.2) is 18.2 Å². The molecule has 0 aliphatic heterocycles. The fourth-order valence-corrected chi connectivity index (χ4v) is 1.39. The van der Waals surface area contributed by atoms with Gasteiger partial charge in [-0.1, -0.05) is 18.2 Å². The fourth-order valence-electron chi connectivity index (χ4n) is 1.39. The molecule has 1 unspecified atom stereocenters. The summed E-state index contributed by atoms with van der Waals surface area (Å²) in [6.45, 7) is 6.08. The van der Waals surface area contributed by atoms with Crippen LogP contribution in [0.1, 0.15) is 29.7 Å². The zero-order valence-corrected chi connectivity index (χ0v) is 9.37. The molecule has 0 saturated carbocycles. The van der Waals surface area contributed by atoms with Gasteiger partial charge >= 0.3 is 5.97 Å². The van der Waals surface area contributed by atoms with Crippen LogP contribution in [-0.4, -0.2) is 17.6 Å². The molecule has 1 aromatic carbocycles. The molecule has 3 heteroatoms. The Morgan fingerprint density at radius 2 is 2.07 bits per heavy atom. The van der Waals surface area contributed by atoms with Crippen molar-refractivity contribution >= 4 is 5.97 Å². The van der Waals surface area contributed by atoms with Crippen molar-refractivity contribution in [3.63, 3.8) is 0 Å². The molecule has 0 aliphatic rings. The van der Waals surface area contributed by atoms with E-state index in [-0.39, 0.29) is 12.6 Å². The van der Waals surface area contributed by atoms with Gasteiger partial charge in [-0.3, -0.25) is 4.79 Å². The van der Waals surface area contributed by atoms with E-state index in [1.54, 1.807) is 0 Å². The Morgan fingerprint density at radius 3 is 2.60 bits per heavy atom. The highest BCUT2D eigenvalue weighted by molar-refractivity contribution is 5.69. The van der Waals surface area contributed by atoms with Crippen LogP contribution >= 0.6 is 0 Å². The quantitative estimate of drug-likeness (QED) is 0.794. The lowest BCUT2D eigenvalue weighted by Gasteiger charge is -2.14. The van der Waals surface area contributed by atoms with Gasteiger partial charge in [0.05, 0.1) is 6.54 Å². The van der Waals surface area contributed by atoms with Gasteiger partial charge < -0.3 is 10.4 Å². The Bertz CT molecular complexity index is 361. The summed E-state index contributed by atoms with van der Waals surface area (Å²) in [6, 6.07) is 6.25. The average Bonchev–Trinajstić information content (AvgIpc) is 2.18. The van der Waals surface area contributed by atoms with Crippen molar-refractivity contribution in [2.45, 2.75) is 26.8 Å². The molecule has 0 spiro atoms. The summed E-state index contributed by atoms with van der Waals surface area (Å²) >= 11 is 0. The van der Waals surface area contributed by atoms with Gasteiger partial charge in [0.25, 0.3) is 0 Å². The van der Waals surface area contributed by atoms with Gasteiger partial charge in [0.15, 0.2) is 0 Å². The zero-order chi connectivity index (χ0) is 11.4. The molecule has 0 aliphatic carbocycles. The largest absolute Gasteiger partial charge is 0.480 e. The molecular weight excluding hydrogens is 190 g/mol. The first kappa shape index (κ1) is 11.7. The van der Waals surface area contributed by atoms with E-state index >= 15 is 0 Å². The van der Waals surface area contributed by atoms with E-state index in [1.807, 2.05) is 13.0 Å². The Labute approximate surface area is 90.1 Å². The van der Waals surface area contributed by atoms with Crippen molar-refractivity contribution in [1.82, 2.24) is 5.32 Å². The Morgan fingerprint density at radius 1 is 1.40 bits per heavy atom. The summed E-state index contributed by atoms with van der Waals surface area (Å²) < 4.78 is 0. The van der Waals surface area contributed by atoms with E-state index in [0.717, 1.165) is 5.56 Å². The number of aryl methyl sites for hydroxylation is 2. The van der Waals surface area contributed by atoms with Crippen LogP contribution in [0.5, 0.6) is 0 Å². The molecule has 1 atom stereocenters. The summed E-state index contributed by atoms with van der Waals surface area (Å²) in [5, 5.41) is 11.5. The highest BCUT2D eigenvalue weighted by Crippen LogP contribution is 2.16. The van der Waals surface area contributed by atoms with Crippen LogP contribution in [0, 0.1) is 13.8 Å². The number of carboxylic acid groups (broad SMARTS) is 1. The van der Waals surface area contributed by atoms with E-state index in [4.69, 9.17) is 5.11 Å². The molecule has 15 heavy (non-hydrogen) atoms. The predicted molar refractivity (Wildman–Crippen MR) is 60.0 cm³/mol. The standard InChI is InChI=1S/C12H17NO2/c1-8-4-5-11(6-9(8)2)10(3)13-7-12(14)15/h4-6,10,13H,7H2,1-3H3,(H,14,15). The van der Waals surface area contributed by atoms with Gasteiger partial charge in [-0.2, -0.15) is 0 Å². The van der Waals surface area contributed by atoms with E-state index in [2.05, 4.69) is 31.3 Å². The van der Waals surface area contributed by atoms with Gasteiger partial charge in [-0.15, -0.1) is 0 Å². The van der Waals surface area contributed by atoms with Crippen molar-refractivity contribution in [2.75, 3.05) is 6.54 Å². The second kappa shape index (κ2) is 4.94. The third kappa shape index (κ3) is 3.36. The molecule has 3 nitrogen and oxygen atoms in total. The normalized spacial score (nSPS) is 12.5. The summed E-state index contributed by atoms with van der Waals surface area (Å²) in [6.07, 6.45) is 0. The maximum atomic E-state index is 10.4. The van der Waals surface area contributed by atoms with Crippen molar-refractivity contribution in [1.29, 1.82) is 0 Å². The Kier molecular flexibility index (Phi) is 3.86. The minimum atomic E-state index is -0.828. The minimum absolute atomic E-state index is 0.00586. The number of carbonyl (C=O) groups is 1. The zero-order valence-electron chi connectivity index (χ0n) is 9.37. The third-order valence-corrected chi connectivity index (χ3v) is 2.59. The molecule has 2 N–H and O–H groups in total. The van der Waals surface area contributed by atoms with Gasteiger partial charge in [0.2, 0.25) is 0 Å². The van der Waals surface area contributed by atoms with Crippen LogP contribution in [0.4, 0.5) is 0 Å². The second-order valence-corrected chi connectivity index (χ2v) is 3.84. The van der Waals surface area contributed by atoms with Crippen LogP contribution in [0.25, 0.3) is 0 Å². The fraction of sp³-hybridized carbons (Fsp3) is 0.417. The van der Waals surface area contributed by atoms with Gasteiger partial charge in [0.1, 0.15) is 0 Å². The van der Waals surface area contributed by atoms with Crippen molar-refractivity contribution in [2.24, 2.45) is 0 Å². The molecule has 1 aromatic rings. The smallest absolute Gasteiger partial charge is 0.317 e. The van der Waals surface area contributed by atoms with Gasteiger partial charge in [-0.25, -0.2) is 0 Å². The highest BCUT2D eigenvalue weighted by Gasteiger charge is 2.07. The SMILES string of the molecule is Cc1ccc(C(C)NCC(=O)O)cc1C. The average molecular weight is 207 g/mol. The summed E-state index contributed by atoms with van der Waals surface area (Å²) in [7, 11) is 0. The number of benzene rings is 1. The van der Waals surface area contributed by atoms with E-state index < -0.39 is 5.97 Å². The van der Waals surface area contributed by atoms with Crippen molar-refractivity contribution in [3.8, 4) is 0 Å². The molecule has 0 heterocycles. The second-order valence-electron chi connectivity index (χ2n) is 3.84. The number of rotatable bonds is 4. The third-order valence-electron chi connectivity index (χ3n) is 2.59. The molecule has 0 amide bonds. The molecule has 0 bridgehead atoms. The summed E-state index contributed by atoms with van der Waals surface area (Å²) in [4.78, 5) is 10.4. The maximum absolute atomic E-state index is 10.4. The first-order valence-electron chi connectivity index (χ1n) is 5.03. The van der Waals surface area contributed by atoms with Crippen LogP contribution in [-0.2, 0) is 4.79 Å². The van der Waals surface area contributed by atoms with Crippen LogP contribution in [0.3, 0.4) is 0 Å². The lowest BCUT2D eigenvalue weighted by atomic mass is 10.0. The molecular formula is C12H17NO2. The maximum Gasteiger partial charge on any atom is 0.317 e. The molecule has 0 saturated heterocycles. The lowest BCUT2D eigenvalue weighted by molar-refractivity contribution is -0.136. The first-order chi connectivity index (χ1) is 7.00. The molecule has 82 valence electrons. The highest BCUT2D eigenvalue weighted by atomic mass is 16.4. The Balaban J connectivity index is 2.69. The minimum Gasteiger partial charge on any atom is -0.480 e. The lowest BCUT2D eigenvalue weighted by Crippen LogP contribution is -2.25. The number of aliphatic carboxylic acids is 1. The molecule has 0 aromatic heterocycles. The van der Waals surface area contributed by atoms with Crippen LogP contribution in [0.2, 0.25) is 0 Å². The topological polar surface area (TPSA) is 49.3 Å². The summed E-state index contributed by atoms with van der Waals surface area (Å²) in [5.74, 6) is -0.828. The summed E-state index contributed by atoms with van der Waals surface area (Å²) in [5.41, 5.74) is 3.61. The number of hydrogen-bond donors (Lipinski definition) is 2. The molecule has 0 fully saturated rings. The molecule has 1 rings (SSSR count). The number of nitrogens with one attached hydrogen (secondary N) is 1. The van der Waals surface area contributed by atoms with Crippen molar-refractivity contribution in [3.05, 3.63) is 34.9 Å². The Hall–Kier alpha value is -1.35. The molecule has 0 radical (unpaired) electrons. The number of carboxylic acids is 1. The van der Waals surface area contributed by atoms with Gasteiger partial charge in [0, 0.05) is 6.04 Å². The van der Waals surface area contributed by atoms with Crippen LogP contribution < -0.4 is 5.32 Å². The van der Waals surface area contributed by atoms with E-state index in [1.165, 1.54) is 11.1 Å². The van der Waals surface area contributed by atoms with E-state index in [9.17, 15) is 4.79 Å². The van der Waals surface area contributed by atoms with Gasteiger partial charge in [-0.05, 0) is 37.5 Å². The predicted octanol–water partition coefficient (Wildman–Crippen LogP) is 2.04. The van der Waals surface area contributed by atoms with Crippen molar-refractivity contribution < 1.29 is 9.90 Å². The monoisotopic (exact) mass is 207 g/mol. The number of hydrogen-bond acceptors (Lipinski definition) is 2.